The minimum atomic E-state index is -0.0765. The second kappa shape index (κ2) is 8.71. The van der Waals surface area contributed by atoms with Crippen LogP contribution in [0.2, 0.25) is 0 Å². The number of carbonyl (C=O) groups excluding carboxylic acids is 2. The molecular formula is C19H22N4O2S. The molecule has 1 saturated heterocycles. The minimum absolute atomic E-state index is 0.00726. The number of hydrogen-bond donors (Lipinski definition) is 1. The van der Waals surface area contributed by atoms with E-state index in [2.05, 4.69) is 9.71 Å². The van der Waals surface area contributed by atoms with Gasteiger partial charge in [-0.1, -0.05) is 18.0 Å². The van der Waals surface area contributed by atoms with Gasteiger partial charge in [-0.3, -0.25) is 14.6 Å². The van der Waals surface area contributed by atoms with Crippen molar-refractivity contribution in [3.8, 4) is 0 Å². The maximum Gasteiger partial charge on any atom is 0.272 e. The number of hydrogen-bond acceptors (Lipinski definition) is 5. The van der Waals surface area contributed by atoms with Crippen LogP contribution in [0.25, 0.3) is 0 Å². The summed E-state index contributed by atoms with van der Waals surface area (Å²) in [6, 6.07) is 12.8. The maximum atomic E-state index is 12.8. The molecule has 1 fully saturated rings. The molecule has 1 aliphatic heterocycles. The first kappa shape index (κ1) is 18.3. The second-order valence-corrected chi connectivity index (χ2v) is 6.65. The van der Waals surface area contributed by atoms with Crippen molar-refractivity contribution in [3.63, 3.8) is 0 Å². The van der Waals surface area contributed by atoms with E-state index in [9.17, 15) is 9.59 Å². The van der Waals surface area contributed by atoms with E-state index in [1.165, 1.54) is 11.9 Å². The lowest BCUT2D eigenvalue weighted by molar-refractivity contribution is 0.0715. The molecular weight excluding hydrogens is 348 g/mol. The number of rotatable bonds is 4. The van der Waals surface area contributed by atoms with E-state index in [0.29, 0.717) is 37.4 Å². The van der Waals surface area contributed by atoms with Gasteiger partial charge in [0.25, 0.3) is 11.8 Å². The van der Waals surface area contributed by atoms with Gasteiger partial charge in [0.1, 0.15) is 5.69 Å². The number of nitrogens with zero attached hydrogens (tertiary/aromatic N) is 3. The summed E-state index contributed by atoms with van der Waals surface area (Å²) in [5.74, 6) is -0.0692. The molecule has 136 valence electrons. The van der Waals surface area contributed by atoms with Gasteiger partial charge in [0, 0.05) is 49.9 Å². The molecule has 0 bridgehead atoms. The van der Waals surface area contributed by atoms with Gasteiger partial charge < -0.3 is 14.5 Å². The van der Waals surface area contributed by atoms with Gasteiger partial charge in [0.15, 0.2) is 0 Å². The molecule has 2 heterocycles. The molecule has 26 heavy (non-hydrogen) atoms. The average Bonchev–Trinajstić information content (AvgIpc) is 2.95. The Hall–Kier alpha value is -2.54. The Balaban J connectivity index is 1.62. The highest BCUT2D eigenvalue weighted by atomic mass is 32.2. The van der Waals surface area contributed by atoms with Crippen LogP contribution in [-0.4, -0.2) is 59.0 Å². The predicted molar refractivity (Wildman–Crippen MR) is 104 cm³/mol. The lowest BCUT2D eigenvalue weighted by Gasteiger charge is -2.22. The summed E-state index contributed by atoms with van der Waals surface area (Å²) in [6.45, 7) is 2.33. The van der Waals surface area contributed by atoms with E-state index in [-0.39, 0.29) is 11.8 Å². The fourth-order valence-electron chi connectivity index (χ4n) is 2.96. The number of nitrogens with one attached hydrogen (secondary N) is 1. The molecule has 0 unspecified atom stereocenters. The van der Waals surface area contributed by atoms with Crippen molar-refractivity contribution in [3.05, 3.63) is 59.9 Å². The summed E-state index contributed by atoms with van der Waals surface area (Å²) in [4.78, 5) is 33.0. The monoisotopic (exact) mass is 370 g/mol. The quantitative estimate of drug-likeness (QED) is 0.839. The zero-order valence-electron chi connectivity index (χ0n) is 14.7. The largest absolute Gasteiger partial charge is 0.337 e. The summed E-state index contributed by atoms with van der Waals surface area (Å²) < 4.78 is 3.14. The Kier molecular flexibility index (Phi) is 6.12. The van der Waals surface area contributed by atoms with Gasteiger partial charge in [-0.15, -0.1) is 0 Å². The molecule has 0 atom stereocenters. The standard InChI is InChI=1S/C19H22N4O2S/c1-26-21-16-8-6-15(7-9-16)18(24)22-11-4-12-23(14-13-22)19(25)17-5-2-3-10-20-17/h2-3,5-10,21H,4,11-14H2,1H3. The molecule has 0 spiro atoms. The first-order valence-corrected chi connectivity index (χ1v) is 9.80. The molecule has 1 aromatic carbocycles. The van der Waals surface area contributed by atoms with E-state index >= 15 is 0 Å². The van der Waals surface area contributed by atoms with Gasteiger partial charge in [-0.25, -0.2) is 0 Å². The Labute approximate surface area is 157 Å². The Morgan fingerprint density at radius 2 is 1.65 bits per heavy atom. The number of pyridine rings is 1. The van der Waals surface area contributed by atoms with Gasteiger partial charge in [0.2, 0.25) is 0 Å². The highest BCUT2D eigenvalue weighted by Crippen LogP contribution is 2.15. The van der Waals surface area contributed by atoms with Crippen LogP contribution in [0, 0.1) is 0 Å². The van der Waals surface area contributed by atoms with E-state index < -0.39 is 0 Å². The first-order valence-electron chi connectivity index (χ1n) is 8.57. The number of benzene rings is 1. The molecule has 0 saturated carbocycles. The summed E-state index contributed by atoms with van der Waals surface area (Å²) in [5, 5.41) is 0. The van der Waals surface area contributed by atoms with E-state index in [0.717, 1.165) is 12.1 Å². The third kappa shape index (κ3) is 4.35. The molecule has 1 aliphatic rings. The van der Waals surface area contributed by atoms with Crippen LogP contribution in [0.1, 0.15) is 27.3 Å². The van der Waals surface area contributed by atoms with Gasteiger partial charge in [-0.05, 0) is 42.8 Å². The fraction of sp³-hybridized carbons (Fsp3) is 0.316. The van der Waals surface area contributed by atoms with Gasteiger partial charge in [-0.2, -0.15) is 0 Å². The summed E-state index contributed by atoms with van der Waals surface area (Å²) >= 11 is 1.51. The molecule has 1 aromatic heterocycles. The van der Waals surface area contributed by atoms with Gasteiger partial charge >= 0.3 is 0 Å². The second-order valence-electron chi connectivity index (χ2n) is 6.04. The van der Waals surface area contributed by atoms with Crippen molar-refractivity contribution in [1.29, 1.82) is 0 Å². The number of anilines is 1. The molecule has 2 aromatic rings. The molecule has 1 N–H and O–H groups in total. The Morgan fingerprint density at radius 3 is 2.27 bits per heavy atom. The Bertz CT molecular complexity index is 752. The van der Waals surface area contributed by atoms with E-state index in [1.807, 2.05) is 41.5 Å². The predicted octanol–water partition coefficient (Wildman–Crippen LogP) is 2.76. The van der Waals surface area contributed by atoms with Gasteiger partial charge in [0.05, 0.1) is 0 Å². The lowest BCUT2D eigenvalue weighted by atomic mass is 10.2. The van der Waals surface area contributed by atoms with Crippen molar-refractivity contribution in [2.75, 3.05) is 37.2 Å². The smallest absolute Gasteiger partial charge is 0.272 e. The molecule has 7 heteroatoms. The van der Waals surface area contributed by atoms with Crippen LogP contribution in [0.5, 0.6) is 0 Å². The van der Waals surface area contributed by atoms with Crippen LogP contribution >= 0.6 is 11.9 Å². The highest BCUT2D eigenvalue weighted by Gasteiger charge is 2.24. The summed E-state index contributed by atoms with van der Waals surface area (Å²) in [5.41, 5.74) is 2.09. The lowest BCUT2D eigenvalue weighted by Crippen LogP contribution is -2.37. The van der Waals surface area contributed by atoms with E-state index in [1.54, 1.807) is 23.2 Å². The van der Waals surface area contributed by atoms with E-state index in [4.69, 9.17) is 0 Å². The zero-order chi connectivity index (χ0) is 18.4. The van der Waals surface area contributed by atoms with Crippen molar-refractivity contribution in [2.45, 2.75) is 6.42 Å². The third-order valence-corrected chi connectivity index (χ3v) is 4.75. The number of amides is 2. The molecule has 0 radical (unpaired) electrons. The topological polar surface area (TPSA) is 65.5 Å². The molecule has 2 amide bonds. The van der Waals surface area contributed by atoms with Crippen molar-refractivity contribution in [1.82, 2.24) is 14.8 Å². The Morgan fingerprint density at radius 1 is 0.962 bits per heavy atom. The minimum Gasteiger partial charge on any atom is -0.337 e. The number of aromatic nitrogens is 1. The van der Waals surface area contributed by atoms with Crippen molar-refractivity contribution < 1.29 is 9.59 Å². The highest BCUT2D eigenvalue weighted by molar-refractivity contribution is 7.99. The van der Waals surface area contributed by atoms with Crippen LogP contribution in [0.15, 0.2) is 48.7 Å². The zero-order valence-corrected chi connectivity index (χ0v) is 15.5. The van der Waals surface area contributed by atoms with Crippen molar-refractivity contribution in [2.24, 2.45) is 0 Å². The normalized spacial score (nSPS) is 14.7. The molecule has 3 rings (SSSR count). The maximum absolute atomic E-state index is 12.8. The average molecular weight is 370 g/mol. The first-order chi connectivity index (χ1) is 12.7. The SMILES string of the molecule is CSNc1ccc(C(=O)N2CCCN(C(=O)c3ccccn3)CC2)cc1. The molecule has 6 nitrogen and oxygen atoms in total. The van der Waals surface area contributed by atoms with Crippen LogP contribution in [-0.2, 0) is 0 Å². The number of carbonyl (C=O) groups is 2. The van der Waals surface area contributed by atoms with Crippen LogP contribution in [0.4, 0.5) is 5.69 Å². The van der Waals surface area contributed by atoms with Crippen molar-refractivity contribution >= 4 is 29.4 Å². The third-order valence-electron chi connectivity index (χ3n) is 4.31. The van der Waals surface area contributed by atoms with Crippen LogP contribution in [0.3, 0.4) is 0 Å². The molecule has 0 aliphatic carbocycles. The fourth-order valence-corrected chi connectivity index (χ4v) is 3.33. The summed E-state index contributed by atoms with van der Waals surface area (Å²) in [6.07, 6.45) is 4.33. The summed E-state index contributed by atoms with van der Waals surface area (Å²) in [7, 11) is 0. The van der Waals surface area contributed by atoms with Crippen LogP contribution < -0.4 is 4.72 Å².